The summed E-state index contributed by atoms with van der Waals surface area (Å²) in [5.41, 5.74) is 13.2. The summed E-state index contributed by atoms with van der Waals surface area (Å²) < 4.78 is 0.594. The molecular formula is C29H28N6O2S2. The number of thioether (sulfide) groups is 1. The Hall–Kier alpha value is -3.94. The number of benzene rings is 2. The molecule has 10 heteroatoms. The third kappa shape index (κ3) is 5.33. The number of nitriles is 1. The maximum absolute atomic E-state index is 13.3. The molecule has 2 aliphatic rings. The van der Waals surface area contributed by atoms with E-state index >= 15 is 0 Å². The summed E-state index contributed by atoms with van der Waals surface area (Å²) in [5.74, 6) is -0.202. The van der Waals surface area contributed by atoms with Crippen molar-refractivity contribution in [1.29, 1.82) is 5.26 Å². The summed E-state index contributed by atoms with van der Waals surface area (Å²) in [6.45, 7) is 5.97. The summed E-state index contributed by atoms with van der Waals surface area (Å²) in [4.78, 5) is 27.6. The van der Waals surface area contributed by atoms with Crippen molar-refractivity contribution in [3.8, 4) is 6.07 Å². The quantitative estimate of drug-likeness (QED) is 0.382. The molecule has 2 heterocycles. The van der Waals surface area contributed by atoms with Crippen molar-refractivity contribution in [2.75, 3.05) is 16.0 Å². The van der Waals surface area contributed by atoms with Crippen LogP contribution in [0.1, 0.15) is 47.4 Å². The number of nitrogens with one attached hydrogen (secondary N) is 1. The summed E-state index contributed by atoms with van der Waals surface area (Å²) in [6.07, 6.45) is 1.77. The van der Waals surface area contributed by atoms with E-state index < -0.39 is 5.92 Å². The number of carbonyl (C=O) groups excluding carboxylic acids is 2. The largest absolute Gasteiger partial charge is 0.384 e. The lowest BCUT2D eigenvalue weighted by Gasteiger charge is -2.38. The van der Waals surface area contributed by atoms with Gasteiger partial charge in [-0.15, -0.1) is 10.2 Å². The first-order valence-electron chi connectivity index (χ1n) is 12.6. The molecule has 1 aliphatic carbocycles. The summed E-state index contributed by atoms with van der Waals surface area (Å²) in [7, 11) is 0. The molecule has 0 saturated carbocycles. The van der Waals surface area contributed by atoms with Gasteiger partial charge >= 0.3 is 0 Å². The van der Waals surface area contributed by atoms with Gasteiger partial charge in [0.15, 0.2) is 10.1 Å². The van der Waals surface area contributed by atoms with Crippen molar-refractivity contribution in [3.05, 3.63) is 87.4 Å². The van der Waals surface area contributed by atoms with Crippen molar-refractivity contribution in [3.63, 3.8) is 0 Å². The van der Waals surface area contributed by atoms with Crippen LogP contribution >= 0.6 is 23.1 Å². The molecule has 1 amide bonds. The zero-order valence-electron chi connectivity index (χ0n) is 21.9. The SMILES string of the molecule is Cc1ccc(C2C(C#N)=C(N)N(c3nnc(SCC(=O)Nc4ccc(C)cc4C)s3)C3=C2C(=O)CCC3)cc1. The van der Waals surface area contributed by atoms with Gasteiger partial charge in [-0.3, -0.25) is 14.5 Å². The smallest absolute Gasteiger partial charge is 0.234 e. The Bertz CT molecular complexity index is 1570. The molecule has 0 spiro atoms. The van der Waals surface area contributed by atoms with E-state index in [9.17, 15) is 14.9 Å². The Morgan fingerprint density at radius 3 is 2.62 bits per heavy atom. The Labute approximate surface area is 235 Å². The second-order valence-corrected chi connectivity index (χ2v) is 11.9. The maximum atomic E-state index is 13.3. The minimum absolute atomic E-state index is 0.0225. The summed E-state index contributed by atoms with van der Waals surface area (Å²) in [5, 5.41) is 22.2. The molecule has 3 aromatic rings. The van der Waals surface area contributed by atoms with Crippen molar-refractivity contribution < 1.29 is 9.59 Å². The fraction of sp³-hybridized carbons (Fsp3) is 0.276. The highest BCUT2D eigenvalue weighted by molar-refractivity contribution is 8.01. The second kappa shape index (κ2) is 11.0. The molecule has 8 nitrogen and oxygen atoms in total. The third-order valence-electron chi connectivity index (χ3n) is 6.89. The molecule has 1 aliphatic heterocycles. The van der Waals surface area contributed by atoms with Gasteiger partial charge in [0.2, 0.25) is 11.0 Å². The minimum atomic E-state index is -0.509. The van der Waals surface area contributed by atoms with Crippen molar-refractivity contribution in [2.45, 2.75) is 50.3 Å². The van der Waals surface area contributed by atoms with E-state index in [1.807, 2.05) is 63.2 Å². The minimum Gasteiger partial charge on any atom is -0.384 e. The van der Waals surface area contributed by atoms with Gasteiger partial charge in [0.05, 0.1) is 23.3 Å². The van der Waals surface area contributed by atoms with Crippen LogP contribution in [0, 0.1) is 32.1 Å². The van der Waals surface area contributed by atoms with Crippen LogP contribution in [0.4, 0.5) is 10.8 Å². The molecule has 1 atom stereocenters. The van der Waals surface area contributed by atoms with Gasteiger partial charge in [-0.25, -0.2) is 0 Å². The number of allylic oxidation sites excluding steroid dienone is 3. The van der Waals surface area contributed by atoms with Crippen LogP contribution in [0.2, 0.25) is 0 Å². The van der Waals surface area contributed by atoms with Crippen molar-refractivity contribution in [1.82, 2.24) is 10.2 Å². The molecule has 0 bridgehead atoms. The predicted octanol–water partition coefficient (Wildman–Crippen LogP) is 5.50. The Balaban J connectivity index is 1.41. The fourth-order valence-corrected chi connectivity index (χ4v) is 6.70. The van der Waals surface area contributed by atoms with Crippen LogP contribution in [0.25, 0.3) is 0 Å². The number of hydrogen-bond donors (Lipinski definition) is 2. The van der Waals surface area contributed by atoms with Crippen molar-refractivity contribution >= 4 is 45.6 Å². The number of nitrogens with two attached hydrogens (primary N) is 1. The Kier molecular flexibility index (Phi) is 7.55. The standard InChI is InChI=1S/C29H28N6O2S2/c1-16-7-10-19(11-8-16)25-20(14-30)27(31)35(22-5-4-6-23(36)26(22)25)28-33-34-29(39-28)38-15-24(37)32-21-12-9-17(2)13-18(21)3/h7-13,25H,4-6,15,31H2,1-3H3,(H,32,37). The number of amides is 1. The summed E-state index contributed by atoms with van der Waals surface area (Å²) in [6, 6.07) is 16.0. The van der Waals surface area contributed by atoms with Crippen LogP contribution < -0.4 is 16.0 Å². The number of aromatic nitrogens is 2. The predicted molar refractivity (Wildman–Crippen MR) is 154 cm³/mol. The first-order chi connectivity index (χ1) is 18.8. The normalized spacial score (nSPS) is 17.2. The highest BCUT2D eigenvalue weighted by atomic mass is 32.2. The monoisotopic (exact) mass is 556 g/mol. The molecule has 0 fully saturated rings. The number of nitrogens with zero attached hydrogens (tertiary/aromatic N) is 4. The highest BCUT2D eigenvalue weighted by Gasteiger charge is 2.41. The van der Waals surface area contributed by atoms with Gasteiger partial charge in [-0.05, 0) is 50.8 Å². The maximum Gasteiger partial charge on any atom is 0.234 e. The first kappa shape index (κ1) is 26.7. The van der Waals surface area contributed by atoms with E-state index in [4.69, 9.17) is 5.73 Å². The molecular weight excluding hydrogens is 528 g/mol. The van der Waals surface area contributed by atoms with Gasteiger partial charge in [0.1, 0.15) is 5.82 Å². The number of carbonyl (C=O) groups is 2. The van der Waals surface area contributed by atoms with Crippen LogP contribution in [0.15, 0.2) is 69.5 Å². The first-order valence-corrected chi connectivity index (χ1v) is 14.4. The van der Waals surface area contributed by atoms with Gasteiger partial charge < -0.3 is 11.1 Å². The topological polar surface area (TPSA) is 125 Å². The molecule has 0 radical (unpaired) electrons. The molecule has 2 aromatic carbocycles. The molecule has 0 saturated heterocycles. The lowest BCUT2D eigenvalue weighted by atomic mass is 9.75. The number of ketones is 1. The number of anilines is 2. The van der Waals surface area contributed by atoms with Gasteiger partial charge in [-0.1, -0.05) is 70.6 Å². The summed E-state index contributed by atoms with van der Waals surface area (Å²) >= 11 is 2.56. The van der Waals surface area contributed by atoms with Crippen LogP contribution in [0.5, 0.6) is 0 Å². The lowest BCUT2D eigenvalue weighted by Crippen LogP contribution is -2.38. The second-order valence-electron chi connectivity index (χ2n) is 9.73. The van der Waals surface area contributed by atoms with Crippen LogP contribution in [-0.2, 0) is 9.59 Å². The van der Waals surface area contributed by atoms with Crippen molar-refractivity contribution in [2.24, 2.45) is 5.73 Å². The van der Waals surface area contributed by atoms with Gasteiger partial charge in [0.25, 0.3) is 0 Å². The molecule has 1 aromatic heterocycles. The number of aryl methyl sites for hydroxylation is 3. The molecule has 39 heavy (non-hydrogen) atoms. The van der Waals surface area contributed by atoms with E-state index in [1.54, 1.807) is 4.90 Å². The number of Topliss-reactive ketones (excluding diaryl/α,β-unsaturated/α-hetero) is 1. The molecule has 1 unspecified atom stereocenters. The van der Waals surface area contributed by atoms with E-state index in [1.165, 1.54) is 23.1 Å². The Morgan fingerprint density at radius 2 is 1.90 bits per heavy atom. The van der Waals surface area contributed by atoms with E-state index in [0.29, 0.717) is 39.9 Å². The average Bonchev–Trinajstić information content (AvgIpc) is 3.37. The molecule has 198 valence electrons. The average molecular weight is 557 g/mol. The van der Waals surface area contributed by atoms with Gasteiger partial charge in [-0.2, -0.15) is 5.26 Å². The van der Waals surface area contributed by atoms with E-state index in [-0.39, 0.29) is 23.3 Å². The highest BCUT2D eigenvalue weighted by Crippen LogP contribution is 2.47. The molecule has 5 rings (SSSR count). The number of hydrogen-bond acceptors (Lipinski definition) is 9. The third-order valence-corrected chi connectivity index (χ3v) is 8.94. The zero-order valence-corrected chi connectivity index (χ0v) is 23.6. The number of rotatable bonds is 6. The Morgan fingerprint density at radius 1 is 1.15 bits per heavy atom. The fourth-order valence-electron chi connectivity index (χ4n) is 5.02. The van der Waals surface area contributed by atoms with E-state index in [2.05, 4.69) is 21.6 Å². The van der Waals surface area contributed by atoms with Gasteiger partial charge in [0, 0.05) is 23.4 Å². The van der Waals surface area contributed by atoms with E-state index in [0.717, 1.165) is 33.6 Å². The molecule has 3 N–H and O–H groups in total. The lowest BCUT2D eigenvalue weighted by molar-refractivity contribution is -0.116. The van der Waals surface area contributed by atoms with Crippen LogP contribution in [-0.4, -0.2) is 27.6 Å². The van der Waals surface area contributed by atoms with Crippen LogP contribution in [0.3, 0.4) is 0 Å². The zero-order chi connectivity index (χ0) is 27.7.